The molecule has 0 saturated heterocycles. The first-order valence-electron chi connectivity index (χ1n) is 7.65. The number of nitrogens with two attached hydrogens (primary N) is 1. The third kappa shape index (κ3) is 4.75. The summed E-state index contributed by atoms with van der Waals surface area (Å²) in [5.41, 5.74) is 1.08. The van der Waals surface area contributed by atoms with E-state index in [1.807, 2.05) is 19.2 Å². The van der Waals surface area contributed by atoms with E-state index in [9.17, 15) is 0 Å². The first kappa shape index (κ1) is 18.3. The van der Waals surface area contributed by atoms with Crippen molar-refractivity contribution in [2.45, 2.75) is 18.1 Å². The lowest BCUT2D eigenvalue weighted by Crippen LogP contribution is -2.82. The standard InChI is InChI=1S/C15H23N5O3S/c1-20-15(17-18-19-20)24-7-5-6-16-10-11-8-13(22-3)14(23-4)9-12(11)21-2/h8-9,16H,5-7,10H2,1-4H3/p+1. The second-order valence-corrected chi connectivity index (χ2v) is 6.15. The fourth-order valence-electron chi connectivity index (χ4n) is 2.24. The molecule has 0 fully saturated rings. The van der Waals surface area contributed by atoms with Gasteiger partial charge in [-0.3, -0.25) is 0 Å². The molecule has 0 aliphatic rings. The molecule has 0 atom stereocenters. The number of tetrazole rings is 1. The monoisotopic (exact) mass is 354 g/mol. The van der Waals surface area contributed by atoms with Gasteiger partial charge >= 0.3 is 0 Å². The molecule has 132 valence electrons. The van der Waals surface area contributed by atoms with Crippen LogP contribution in [-0.4, -0.2) is 53.8 Å². The summed E-state index contributed by atoms with van der Waals surface area (Å²) >= 11 is 1.66. The molecule has 1 aromatic heterocycles. The molecular formula is C15H24N5O3S+. The molecule has 1 heterocycles. The van der Waals surface area contributed by atoms with Gasteiger partial charge in [0.15, 0.2) is 11.5 Å². The van der Waals surface area contributed by atoms with Gasteiger partial charge in [-0.1, -0.05) is 11.8 Å². The summed E-state index contributed by atoms with van der Waals surface area (Å²) in [6, 6.07) is 3.83. The second kappa shape index (κ2) is 9.33. The number of nitrogens with zero attached hydrogens (tertiary/aromatic N) is 4. The zero-order valence-corrected chi connectivity index (χ0v) is 15.3. The largest absolute Gasteiger partial charge is 0.496 e. The van der Waals surface area contributed by atoms with Gasteiger partial charge in [0.05, 0.1) is 33.4 Å². The quantitative estimate of drug-likeness (QED) is 0.490. The summed E-state index contributed by atoms with van der Waals surface area (Å²) in [7, 11) is 6.76. The van der Waals surface area contributed by atoms with E-state index in [0.717, 1.165) is 41.7 Å². The van der Waals surface area contributed by atoms with Crippen molar-refractivity contribution >= 4 is 11.8 Å². The van der Waals surface area contributed by atoms with Crippen molar-refractivity contribution in [3.63, 3.8) is 0 Å². The van der Waals surface area contributed by atoms with Crippen LogP contribution in [0.2, 0.25) is 0 Å². The van der Waals surface area contributed by atoms with Crippen LogP contribution in [0.15, 0.2) is 17.3 Å². The van der Waals surface area contributed by atoms with Crippen LogP contribution in [0.3, 0.4) is 0 Å². The summed E-state index contributed by atoms with van der Waals surface area (Å²) in [5.74, 6) is 3.18. The van der Waals surface area contributed by atoms with Gasteiger partial charge in [0, 0.05) is 25.3 Å². The highest BCUT2D eigenvalue weighted by Crippen LogP contribution is 2.34. The third-order valence-corrected chi connectivity index (χ3v) is 4.61. The molecule has 0 unspecified atom stereocenters. The molecule has 0 aliphatic heterocycles. The maximum Gasteiger partial charge on any atom is 0.209 e. The number of aromatic nitrogens is 4. The zero-order chi connectivity index (χ0) is 17.4. The maximum absolute atomic E-state index is 5.44. The van der Waals surface area contributed by atoms with Crippen LogP contribution in [0.5, 0.6) is 17.2 Å². The Bertz CT molecular complexity index is 650. The van der Waals surface area contributed by atoms with E-state index in [1.54, 1.807) is 37.8 Å². The molecule has 8 nitrogen and oxygen atoms in total. The third-order valence-electron chi connectivity index (χ3n) is 3.52. The number of quaternary nitrogens is 1. The molecule has 2 rings (SSSR count). The molecule has 0 radical (unpaired) electrons. The van der Waals surface area contributed by atoms with Crippen LogP contribution < -0.4 is 19.5 Å². The smallest absolute Gasteiger partial charge is 0.209 e. The van der Waals surface area contributed by atoms with Crippen molar-refractivity contribution < 1.29 is 19.5 Å². The van der Waals surface area contributed by atoms with E-state index in [2.05, 4.69) is 20.8 Å². The molecule has 0 saturated carbocycles. The molecule has 24 heavy (non-hydrogen) atoms. The maximum atomic E-state index is 5.44. The lowest BCUT2D eigenvalue weighted by Gasteiger charge is -2.13. The van der Waals surface area contributed by atoms with Gasteiger partial charge in [-0.15, -0.1) is 5.10 Å². The highest BCUT2D eigenvalue weighted by Gasteiger charge is 2.12. The van der Waals surface area contributed by atoms with Crippen LogP contribution in [-0.2, 0) is 13.6 Å². The molecule has 0 amide bonds. The first-order valence-corrected chi connectivity index (χ1v) is 8.63. The Hall–Kier alpha value is -2.00. The molecule has 0 spiro atoms. The van der Waals surface area contributed by atoms with E-state index < -0.39 is 0 Å². The SMILES string of the molecule is COc1cc(OC)c(OC)cc1C[NH2+]CCCSc1nnnn1C. The molecule has 9 heteroatoms. The van der Waals surface area contributed by atoms with Crippen molar-refractivity contribution in [2.75, 3.05) is 33.6 Å². The minimum atomic E-state index is 0.673. The summed E-state index contributed by atoms with van der Waals surface area (Å²) in [6.45, 7) is 1.83. The average molecular weight is 354 g/mol. The minimum absolute atomic E-state index is 0.673. The Morgan fingerprint density at radius 1 is 1.08 bits per heavy atom. The van der Waals surface area contributed by atoms with Crippen LogP contribution in [0.1, 0.15) is 12.0 Å². The molecule has 2 aromatic rings. The minimum Gasteiger partial charge on any atom is -0.496 e. The van der Waals surface area contributed by atoms with Crippen LogP contribution >= 0.6 is 11.8 Å². The van der Waals surface area contributed by atoms with E-state index in [-0.39, 0.29) is 0 Å². The Labute approximate surface area is 145 Å². The predicted molar refractivity (Wildman–Crippen MR) is 90.7 cm³/mol. The summed E-state index contributed by atoms with van der Waals surface area (Å²) in [5, 5.41) is 14.5. The van der Waals surface area contributed by atoms with Crippen molar-refractivity contribution in [1.29, 1.82) is 0 Å². The van der Waals surface area contributed by atoms with Crippen molar-refractivity contribution in [3.8, 4) is 17.2 Å². The van der Waals surface area contributed by atoms with Crippen LogP contribution in [0.4, 0.5) is 0 Å². The molecule has 0 bridgehead atoms. The fraction of sp³-hybridized carbons (Fsp3) is 0.533. The van der Waals surface area contributed by atoms with E-state index in [4.69, 9.17) is 14.2 Å². The number of thioether (sulfide) groups is 1. The van der Waals surface area contributed by atoms with Gasteiger partial charge in [-0.05, 0) is 16.5 Å². The number of aryl methyl sites for hydroxylation is 1. The van der Waals surface area contributed by atoms with Crippen molar-refractivity contribution in [1.82, 2.24) is 20.2 Å². The normalized spacial score (nSPS) is 10.7. The number of methoxy groups -OCH3 is 3. The second-order valence-electron chi connectivity index (χ2n) is 5.09. The van der Waals surface area contributed by atoms with Gasteiger partial charge in [0.2, 0.25) is 5.16 Å². The van der Waals surface area contributed by atoms with Gasteiger partial charge in [-0.25, -0.2) is 4.68 Å². The van der Waals surface area contributed by atoms with Crippen molar-refractivity contribution in [2.24, 2.45) is 7.05 Å². The lowest BCUT2D eigenvalue weighted by molar-refractivity contribution is -0.670. The fourth-order valence-corrected chi connectivity index (χ4v) is 3.06. The highest BCUT2D eigenvalue weighted by molar-refractivity contribution is 7.99. The van der Waals surface area contributed by atoms with E-state index >= 15 is 0 Å². The van der Waals surface area contributed by atoms with Gasteiger partial charge in [-0.2, -0.15) is 0 Å². The highest BCUT2D eigenvalue weighted by atomic mass is 32.2. The summed E-state index contributed by atoms with van der Waals surface area (Å²) in [6.07, 6.45) is 1.06. The summed E-state index contributed by atoms with van der Waals surface area (Å²) in [4.78, 5) is 0. The number of hydrogen-bond donors (Lipinski definition) is 1. The number of hydrogen-bond acceptors (Lipinski definition) is 7. The Morgan fingerprint density at radius 2 is 1.79 bits per heavy atom. The zero-order valence-electron chi connectivity index (χ0n) is 14.5. The van der Waals surface area contributed by atoms with Gasteiger partial charge < -0.3 is 19.5 Å². The Kier molecular flexibility index (Phi) is 7.13. The Balaban J connectivity index is 1.80. The number of benzene rings is 1. The van der Waals surface area contributed by atoms with Crippen molar-refractivity contribution in [3.05, 3.63) is 17.7 Å². The van der Waals surface area contributed by atoms with Gasteiger partial charge in [0.1, 0.15) is 12.3 Å². The summed E-state index contributed by atoms with van der Waals surface area (Å²) < 4.78 is 17.8. The van der Waals surface area contributed by atoms with E-state index in [0.29, 0.717) is 11.5 Å². The topological polar surface area (TPSA) is 87.9 Å². The molecule has 0 aliphatic carbocycles. The van der Waals surface area contributed by atoms with Crippen LogP contribution in [0.25, 0.3) is 0 Å². The van der Waals surface area contributed by atoms with Crippen LogP contribution in [0, 0.1) is 0 Å². The molecule has 2 N–H and O–H groups in total. The van der Waals surface area contributed by atoms with Gasteiger partial charge in [0.25, 0.3) is 0 Å². The predicted octanol–water partition coefficient (Wildman–Crippen LogP) is 0.482. The number of rotatable bonds is 10. The van der Waals surface area contributed by atoms with E-state index in [1.165, 1.54) is 0 Å². The average Bonchev–Trinajstić information content (AvgIpc) is 3.02. The first-order chi connectivity index (χ1) is 11.7. The molecular weight excluding hydrogens is 330 g/mol. The number of ether oxygens (including phenoxy) is 3. The Morgan fingerprint density at radius 3 is 2.42 bits per heavy atom. The molecule has 1 aromatic carbocycles. The lowest BCUT2D eigenvalue weighted by atomic mass is 10.1.